The van der Waals surface area contributed by atoms with Crippen LogP contribution >= 0.6 is 0 Å². The van der Waals surface area contributed by atoms with E-state index in [-0.39, 0.29) is 5.03 Å². The Bertz CT molecular complexity index is 738. The second-order valence-corrected chi connectivity index (χ2v) is 7.05. The van der Waals surface area contributed by atoms with Crippen LogP contribution in [0.4, 0.5) is 5.82 Å². The average molecular weight is 294 g/mol. The fourth-order valence-electron chi connectivity index (χ4n) is 2.62. The summed E-state index contributed by atoms with van der Waals surface area (Å²) in [4.78, 5) is 4.33. The van der Waals surface area contributed by atoms with Gasteiger partial charge in [-0.25, -0.2) is 13.4 Å². The maximum Gasteiger partial charge on any atom is 0.262 e. The van der Waals surface area contributed by atoms with E-state index in [0.717, 1.165) is 6.42 Å². The first-order chi connectivity index (χ1) is 9.54. The standard InChI is InChI=1S/C13H18N4O2S/c1-10-6-8-16(9-10)20(18,19)13-12(14-2)15-11-5-3-4-7-17(11)13/h3-5,7,10,14H,6,8-9H2,1-2H3. The Labute approximate surface area is 118 Å². The van der Waals surface area contributed by atoms with Crippen LogP contribution in [0.15, 0.2) is 29.4 Å². The van der Waals surface area contributed by atoms with Gasteiger partial charge in [0, 0.05) is 26.3 Å². The van der Waals surface area contributed by atoms with Crippen LogP contribution in [0, 0.1) is 5.92 Å². The van der Waals surface area contributed by atoms with E-state index in [1.54, 1.807) is 34.1 Å². The minimum atomic E-state index is -3.53. The van der Waals surface area contributed by atoms with Gasteiger partial charge in [-0.2, -0.15) is 4.31 Å². The number of pyridine rings is 1. The molecule has 108 valence electrons. The maximum atomic E-state index is 12.9. The van der Waals surface area contributed by atoms with E-state index in [4.69, 9.17) is 0 Å². The topological polar surface area (TPSA) is 66.7 Å². The highest BCUT2D eigenvalue weighted by Gasteiger charge is 2.35. The summed E-state index contributed by atoms with van der Waals surface area (Å²) in [5, 5.41) is 3.11. The molecule has 1 unspecified atom stereocenters. The van der Waals surface area contributed by atoms with E-state index >= 15 is 0 Å². The number of nitrogens with one attached hydrogen (secondary N) is 1. The van der Waals surface area contributed by atoms with Gasteiger partial charge in [0.2, 0.25) is 0 Å². The summed E-state index contributed by atoms with van der Waals surface area (Å²) in [6.07, 6.45) is 2.64. The van der Waals surface area contributed by atoms with Crippen molar-refractivity contribution in [3.63, 3.8) is 0 Å². The zero-order valence-corrected chi connectivity index (χ0v) is 12.4. The van der Waals surface area contributed by atoms with Gasteiger partial charge in [0.1, 0.15) is 5.65 Å². The number of imidazole rings is 1. The van der Waals surface area contributed by atoms with Crippen molar-refractivity contribution < 1.29 is 8.42 Å². The number of anilines is 1. The van der Waals surface area contributed by atoms with E-state index in [2.05, 4.69) is 17.2 Å². The number of hydrogen-bond donors (Lipinski definition) is 1. The fraction of sp³-hybridized carbons (Fsp3) is 0.462. The highest BCUT2D eigenvalue weighted by atomic mass is 32.2. The van der Waals surface area contributed by atoms with E-state index < -0.39 is 10.0 Å². The molecule has 0 spiro atoms. The Hall–Kier alpha value is -1.60. The Morgan fingerprint density at radius 3 is 2.85 bits per heavy atom. The lowest BCUT2D eigenvalue weighted by Crippen LogP contribution is -2.30. The Morgan fingerprint density at radius 1 is 1.40 bits per heavy atom. The highest BCUT2D eigenvalue weighted by molar-refractivity contribution is 7.89. The number of hydrogen-bond acceptors (Lipinski definition) is 4. The predicted octanol–water partition coefficient (Wildman–Crippen LogP) is 1.41. The number of sulfonamides is 1. The quantitative estimate of drug-likeness (QED) is 0.929. The van der Waals surface area contributed by atoms with Gasteiger partial charge in [0.25, 0.3) is 10.0 Å². The van der Waals surface area contributed by atoms with Gasteiger partial charge in [0.05, 0.1) is 0 Å². The van der Waals surface area contributed by atoms with Crippen molar-refractivity contribution in [2.24, 2.45) is 5.92 Å². The molecular weight excluding hydrogens is 276 g/mol. The smallest absolute Gasteiger partial charge is 0.262 e. The van der Waals surface area contributed by atoms with Crippen LogP contribution in [0.2, 0.25) is 0 Å². The second-order valence-electron chi connectivity index (χ2n) is 5.20. The second kappa shape index (κ2) is 4.75. The van der Waals surface area contributed by atoms with Gasteiger partial charge < -0.3 is 5.32 Å². The molecular formula is C13H18N4O2S. The van der Waals surface area contributed by atoms with E-state index in [1.807, 2.05) is 6.07 Å². The first-order valence-electron chi connectivity index (χ1n) is 6.69. The molecule has 1 saturated heterocycles. The number of fused-ring (bicyclic) bond motifs is 1. The molecule has 0 bridgehead atoms. The van der Waals surface area contributed by atoms with Crippen LogP contribution in [-0.4, -0.2) is 42.2 Å². The molecule has 7 heteroatoms. The van der Waals surface area contributed by atoms with Crippen molar-refractivity contribution >= 4 is 21.5 Å². The Kier molecular flexibility index (Phi) is 3.18. The van der Waals surface area contributed by atoms with Crippen LogP contribution in [0.1, 0.15) is 13.3 Å². The first-order valence-corrected chi connectivity index (χ1v) is 8.13. The number of nitrogens with zero attached hydrogens (tertiary/aromatic N) is 3. The predicted molar refractivity (Wildman–Crippen MR) is 77.3 cm³/mol. The number of aromatic nitrogens is 2. The summed E-state index contributed by atoms with van der Waals surface area (Å²) in [6, 6.07) is 5.45. The van der Waals surface area contributed by atoms with Gasteiger partial charge in [0.15, 0.2) is 10.8 Å². The van der Waals surface area contributed by atoms with E-state index in [9.17, 15) is 8.42 Å². The number of rotatable bonds is 3. The molecule has 0 aliphatic carbocycles. The summed E-state index contributed by atoms with van der Waals surface area (Å²) < 4.78 is 28.9. The molecule has 2 aromatic rings. The third-order valence-corrected chi connectivity index (χ3v) is 5.58. The highest BCUT2D eigenvalue weighted by Crippen LogP contribution is 2.29. The fourth-order valence-corrected chi connectivity index (χ4v) is 4.45. The lowest BCUT2D eigenvalue weighted by molar-refractivity contribution is 0.461. The zero-order valence-electron chi connectivity index (χ0n) is 11.6. The third kappa shape index (κ3) is 1.97. The van der Waals surface area contributed by atoms with E-state index in [0.29, 0.717) is 30.5 Å². The molecule has 0 radical (unpaired) electrons. The molecule has 1 N–H and O–H groups in total. The van der Waals surface area contributed by atoms with Crippen LogP contribution in [-0.2, 0) is 10.0 Å². The van der Waals surface area contributed by atoms with Crippen molar-refractivity contribution in [3.05, 3.63) is 24.4 Å². The van der Waals surface area contributed by atoms with Gasteiger partial charge in [-0.15, -0.1) is 0 Å². The molecule has 2 aromatic heterocycles. The summed E-state index contributed by atoms with van der Waals surface area (Å²) >= 11 is 0. The average Bonchev–Trinajstić information content (AvgIpc) is 3.02. The summed E-state index contributed by atoms with van der Waals surface area (Å²) in [6.45, 7) is 3.22. The van der Waals surface area contributed by atoms with Gasteiger partial charge >= 0.3 is 0 Å². The molecule has 1 aliphatic heterocycles. The zero-order chi connectivity index (χ0) is 14.3. The van der Waals surface area contributed by atoms with Gasteiger partial charge in [-0.3, -0.25) is 4.40 Å². The molecule has 3 heterocycles. The molecule has 1 fully saturated rings. The first kappa shape index (κ1) is 13.4. The van der Waals surface area contributed by atoms with Crippen LogP contribution in [0.25, 0.3) is 5.65 Å². The largest absolute Gasteiger partial charge is 0.371 e. The SMILES string of the molecule is CNc1nc2ccccn2c1S(=O)(=O)N1CCC(C)C1. The molecule has 0 saturated carbocycles. The molecule has 0 aromatic carbocycles. The molecule has 6 nitrogen and oxygen atoms in total. The normalized spacial score (nSPS) is 20.6. The minimum absolute atomic E-state index is 0.227. The van der Waals surface area contributed by atoms with Gasteiger partial charge in [-0.05, 0) is 24.5 Å². The van der Waals surface area contributed by atoms with Crippen molar-refractivity contribution in [2.45, 2.75) is 18.4 Å². The molecule has 1 aliphatic rings. The molecule has 3 rings (SSSR count). The Morgan fingerprint density at radius 2 is 2.20 bits per heavy atom. The van der Waals surface area contributed by atoms with Crippen LogP contribution in [0.3, 0.4) is 0 Å². The maximum absolute atomic E-state index is 12.9. The van der Waals surface area contributed by atoms with Crippen molar-refractivity contribution in [2.75, 3.05) is 25.5 Å². The van der Waals surface area contributed by atoms with Crippen molar-refractivity contribution in [3.8, 4) is 0 Å². The summed E-state index contributed by atoms with van der Waals surface area (Å²) in [5.74, 6) is 0.803. The molecule has 1 atom stereocenters. The molecule has 20 heavy (non-hydrogen) atoms. The molecule has 0 amide bonds. The Balaban J connectivity index is 2.17. The van der Waals surface area contributed by atoms with Gasteiger partial charge in [-0.1, -0.05) is 13.0 Å². The van der Waals surface area contributed by atoms with Crippen molar-refractivity contribution in [1.29, 1.82) is 0 Å². The minimum Gasteiger partial charge on any atom is -0.371 e. The van der Waals surface area contributed by atoms with Crippen LogP contribution in [0.5, 0.6) is 0 Å². The lowest BCUT2D eigenvalue weighted by Gasteiger charge is -2.16. The van der Waals surface area contributed by atoms with E-state index in [1.165, 1.54) is 0 Å². The third-order valence-electron chi connectivity index (χ3n) is 3.69. The monoisotopic (exact) mass is 294 g/mol. The summed E-state index contributed by atoms with van der Waals surface area (Å²) in [7, 11) is -1.84. The van der Waals surface area contributed by atoms with Crippen molar-refractivity contribution in [1.82, 2.24) is 13.7 Å². The summed E-state index contributed by atoms with van der Waals surface area (Å²) in [5.41, 5.74) is 0.627. The lowest BCUT2D eigenvalue weighted by atomic mass is 10.2. The van der Waals surface area contributed by atoms with Crippen LogP contribution < -0.4 is 5.32 Å².